The predicted octanol–water partition coefficient (Wildman–Crippen LogP) is 3.88. The topological polar surface area (TPSA) is 71.7 Å². The maximum Gasteiger partial charge on any atom is 0.241 e. The van der Waals surface area contributed by atoms with Crippen LogP contribution < -0.4 is 4.74 Å². The molecule has 0 saturated carbocycles. The van der Waals surface area contributed by atoms with E-state index in [-0.39, 0.29) is 5.91 Å². The third-order valence-corrected chi connectivity index (χ3v) is 6.52. The highest BCUT2D eigenvalue weighted by Gasteiger charge is 2.22. The molecule has 4 rings (SSSR count). The largest absolute Gasteiger partial charge is 0.497 e. The van der Waals surface area contributed by atoms with E-state index in [1.165, 1.54) is 5.56 Å². The molecule has 0 atom stereocenters. The normalized spacial score (nSPS) is 14.5. The van der Waals surface area contributed by atoms with E-state index in [0.717, 1.165) is 48.1 Å². The van der Waals surface area contributed by atoms with Crippen LogP contribution >= 0.6 is 11.8 Å². The fourth-order valence-electron chi connectivity index (χ4n) is 3.57. The number of ether oxygens (including phenoxy) is 1. The highest BCUT2D eigenvalue weighted by atomic mass is 32.2. The summed E-state index contributed by atoms with van der Waals surface area (Å²) >= 11 is 1.69. The first-order valence-electron chi connectivity index (χ1n) is 10.8. The first-order valence-corrected chi connectivity index (χ1v) is 11.8. The van der Waals surface area contributed by atoms with Crippen LogP contribution in [0.2, 0.25) is 0 Å². The molecule has 3 aromatic rings. The van der Waals surface area contributed by atoms with Crippen molar-refractivity contribution in [3.8, 4) is 17.1 Å². The molecule has 0 radical (unpaired) electrons. The number of carbonyl (C=O) groups excluding carboxylic acids is 1. The Morgan fingerprint density at radius 2 is 1.78 bits per heavy atom. The summed E-state index contributed by atoms with van der Waals surface area (Å²) in [5.41, 5.74) is 2.15. The number of nitrogens with zero attached hydrogens (tertiary/aromatic N) is 4. The van der Waals surface area contributed by atoms with E-state index in [0.29, 0.717) is 24.7 Å². The number of thioether (sulfide) groups is 1. The lowest BCUT2D eigenvalue weighted by Crippen LogP contribution is -2.48. The number of piperazine rings is 1. The smallest absolute Gasteiger partial charge is 0.241 e. The van der Waals surface area contributed by atoms with Crippen molar-refractivity contribution in [3.05, 3.63) is 60.0 Å². The second-order valence-corrected chi connectivity index (χ2v) is 8.98. The lowest BCUT2D eigenvalue weighted by atomic mass is 10.1. The summed E-state index contributed by atoms with van der Waals surface area (Å²) in [5.74, 6) is 3.05. The number of rotatable bonds is 8. The molecule has 1 aromatic heterocycles. The van der Waals surface area contributed by atoms with Gasteiger partial charge in [0, 0.05) is 48.8 Å². The second kappa shape index (κ2) is 10.7. The van der Waals surface area contributed by atoms with E-state index < -0.39 is 0 Å². The molecule has 1 saturated heterocycles. The minimum atomic E-state index is 0.213. The van der Waals surface area contributed by atoms with Crippen LogP contribution in [0.4, 0.5) is 0 Å². The quantitative estimate of drug-likeness (QED) is 0.480. The van der Waals surface area contributed by atoms with Gasteiger partial charge >= 0.3 is 0 Å². The van der Waals surface area contributed by atoms with Crippen LogP contribution in [0.1, 0.15) is 17.9 Å². The molecule has 8 heteroatoms. The molecule has 0 spiro atoms. The van der Waals surface area contributed by atoms with Gasteiger partial charge in [-0.1, -0.05) is 35.0 Å². The molecule has 32 heavy (non-hydrogen) atoms. The molecule has 2 aromatic carbocycles. The van der Waals surface area contributed by atoms with Crippen LogP contribution in [0, 0.1) is 6.92 Å². The van der Waals surface area contributed by atoms with Crippen molar-refractivity contribution in [2.75, 3.05) is 39.0 Å². The summed E-state index contributed by atoms with van der Waals surface area (Å²) in [6.07, 6.45) is 0.542. The molecular weight excluding hydrogens is 424 g/mol. The summed E-state index contributed by atoms with van der Waals surface area (Å²) in [6, 6.07) is 16.0. The van der Waals surface area contributed by atoms with Gasteiger partial charge in [-0.2, -0.15) is 4.98 Å². The summed E-state index contributed by atoms with van der Waals surface area (Å²) in [5, 5.41) is 4.11. The maximum absolute atomic E-state index is 12.6. The van der Waals surface area contributed by atoms with Crippen molar-refractivity contribution in [1.82, 2.24) is 19.9 Å². The Morgan fingerprint density at radius 1 is 1.06 bits per heavy atom. The van der Waals surface area contributed by atoms with Gasteiger partial charge in [0.25, 0.3) is 0 Å². The van der Waals surface area contributed by atoms with E-state index in [1.807, 2.05) is 53.4 Å². The summed E-state index contributed by atoms with van der Waals surface area (Å²) in [4.78, 5) is 22.5. The Bertz CT molecular complexity index is 1010. The number of aryl methyl sites for hydroxylation is 1. The maximum atomic E-state index is 12.6. The Balaban J connectivity index is 1.19. The Hall–Kier alpha value is -2.84. The highest BCUT2D eigenvalue weighted by molar-refractivity contribution is 7.99. The number of benzene rings is 2. The van der Waals surface area contributed by atoms with Crippen LogP contribution in [-0.2, 0) is 11.3 Å². The number of carbonyl (C=O) groups is 1. The van der Waals surface area contributed by atoms with E-state index in [1.54, 1.807) is 18.9 Å². The van der Waals surface area contributed by atoms with Crippen LogP contribution in [0.15, 0.2) is 57.9 Å². The third kappa shape index (κ3) is 5.89. The van der Waals surface area contributed by atoms with E-state index in [2.05, 4.69) is 22.0 Å². The summed E-state index contributed by atoms with van der Waals surface area (Å²) in [6.45, 7) is 5.72. The fourth-order valence-corrected chi connectivity index (χ4v) is 4.41. The molecule has 0 N–H and O–H groups in total. The number of hydrogen-bond donors (Lipinski definition) is 0. The number of hydrogen-bond acceptors (Lipinski definition) is 7. The van der Waals surface area contributed by atoms with Gasteiger partial charge in [0.2, 0.25) is 17.6 Å². The zero-order valence-corrected chi connectivity index (χ0v) is 19.3. The van der Waals surface area contributed by atoms with Gasteiger partial charge in [0.1, 0.15) is 5.75 Å². The SMILES string of the molecule is COc1ccc(SCCC(=O)N2CCN(Cc3nc(-c4ccc(C)cc4)no3)CC2)cc1. The fraction of sp³-hybridized carbons (Fsp3) is 0.375. The molecule has 2 heterocycles. The van der Waals surface area contributed by atoms with E-state index in [4.69, 9.17) is 9.26 Å². The number of methoxy groups -OCH3 is 1. The minimum absolute atomic E-state index is 0.213. The molecular formula is C24H28N4O3S. The third-order valence-electron chi connectivity index (χ3n) is 5.51. The molecule has 0 aliphatic carbocycles. The van der Waals surface area contributed by atoms with Gasteiger partial charge in [0.15, 0.2) is 0 Å². The van der Waals surface area contributed by atoms with Gasteiger partial charge in [-0.15, -0.1) is 11.8 Å². The van der Waals surface area contributed by atoms with Crippen molar-refractivity contribution in [2.45, 2.75) is 24.8 Å². The Morgan fingerprint density at radius 3 is 2.47 bits per heavy atom. The van der Waals surface area contributed by atoms with E-state index in [9.17, 15) is 4.79 Å². The molecule has 1 amide bonds. The van der Waals surface area contributed by atoms with Gasteiger partial charge in [0.05, 0.1) is 13.7 Å². The molecule has 1 aliphatic heterocycles. The average Bonchev–Trinajstić information content (AvgIpc) is 3.29. The monoisotopic (exact) mass is 452 g/mol. The highest BCUT2D eigenvalue weighted by Crippen LogP contribution is 2.22. The number of aromatic nitrogens is 2. The van der Waals surface area contributed by atoms with Crippen molar-refractivity contribution >= 4 is 17.7 Å². The Labute approximate surface area is 192 Å². The van der Waals surface area contributed by atoms with Crippen LogP contribution in [0.5, 0.6) is 5.75 Å². The average molecular weight is 453 g/mol. The van der Waals surface area contributed by atoms with Crippen molar-refractivity contribution in [2.24, 2.45) is 0 Å². The summed E-state index contributed by atoms with van der Waals surface area (Å²) in [7, 11) is 1.66. The molecule has 7 nitrogen and oxygen atoms in total. The minimum Gasteiger partial charge on any atom is -0.497 e. The first-order chi connectivity index (χ1) is 15.6. The van der Waals surface area contributed by atoms with Crippen molar-refractivity contribution in [3.63, 3.8) is 0 Å². The van der Waals surface area contributed by atoms with Crippen LogP contribution in [0.3, 0.4) is 0 Å². The lowest BCUT2D eigenvalue weighted by Gasteiger charge is -2.34. The molecule has 168 valence electrons. The van der Waals surface area contributed by atoms with Crippen molar-refractivity contribution < 1.29 is 14.1 Å². The van der Waals surface area contributed by atoms with Gasteiger partial charge in [-0.05, 0) is 31.2 Å². The molecule has 1 aliphatic rings. The Kier molecular flexibility index (Phi) is 7.44. The number of amides is 1. The zero-order valence-electron chi connectivity index (χ0n) is 18.5. The van der Waals surface area contributed by atoms with Crippen LogP contribution in [-0.4, -0.2) is 64.9 Å². The zero-order chi connectivity index (χ0) is 22.3. The predicted molar refractivity (Wildman–Crippen MR) is 125 cm³/mol. The van der Waals surface area contributed by atoms with Crippen molar-refractivity contribution in [1.29, 1.82) is 0 Å². The van der Waals surface area contributed by atoms with Gasteiger partial charge in [-0.3, -0.25) is 9.69 Å². The second-order valence-electron chi connectivity index (χ2n) is 7.81. The van der Waals surface area contributed by atoms with E-state index >= 15 is 0 Å². The molecule has 1 fully saturated rings. The first kappa shape index (κ1) is 22.4. The lowest BCUT2D eigenvalue weighted by molar-refractivity contribution is -0.132. The molecule has 0 unspecified atom stereocenters. The van der Waals surface area contributed by atoms with Gasteiger partial charge in [-0.25, -0.2) is 0 Å². The molecule has 0 bridgehead atoms. The van der Waals surface area contributed by atoms with Crippen LogP contribution in [0.25, 0.3) is 11.4 Å². The van der Waals surface area contributed by atoms with Gasteiger partial charge < -0.3 is 14.2 Å². The standard InChI is InChI=1S/C24H28N4O3S/c1-18-3-5-19(6-4-18)24-25-22(31-26-24)17-27-12-14-28(15-13-27)23(29)11-16-32-21-9-7-20(30-2)8-10-21/h3-10H,11-17H2,1-2H3. The summed E-state index contributed by atoms with van der Waals surface area (Å²) < 4.78 is 10.6.